The molecule has 2 aromatic carbocycles. The van der Waals surface area contributed by atoms with Crippen molar-refractivity contribution in [2.75, 3.05) is 5.73 Å². The smallest absolute Gasteiger partial charge is 0.260 e. The first-order valence-electron chi connectivity index (χ1n) is 6.20. The van der Waals surface area contributed by atoms with Crippen molar-refractivity contribution in [2.45, 2.75) is 6.92 Å². The van der Waals surface area contributed by atoms with Crippen molar-refractivity contribution in [1.82, 2.24) is 10.1 Å². The van der Waals surface area contributed by atoms with Crippen molar-refractivity contribution in [3.05, 3.63) is 50.0 Å². The van der Waals surface area contributed by atoms with Gasteiger partial charge in [0.25, 0.3) is 5.89 Å². The SMILES string of the molecule is Cc1cc(Br)ccc1-c1noc(-c2cc(I)ccc2N)n1. The van der Waals surface area contributed by atoms with Gasteiger partial charge in [0.1, 0.15) is 0 Å². The summed E-state index contributed by atoms with van der Waals surface area (Å²) in [4.78, 5) is 4.47. The van der Waals surface area contributed by atoms with Crippen LogP contribution < -0.4 is 5.73 Å². The molecule has 0 aliphatic heterocycles. The first-order valence-corrected chi connectivity index (χ1v) is 8.07. The van der Waals surface area contributed by atoms with Gasteiger partial charge >= 0.3 is 0 Å². The molecule has 0 unspecified atom stereocenters. The number of nitrogens with zero attached hydrogens (tertiary/aromatic N) is 2. The van der Waals surface area contributed by atoms with Crippen LogP contribution in [0.3, 0.4) is 0 Å². The fourth-order valence-corrected chi connectivity index (χ4v) is 3.00. The number of aryl methyl sites for hydroxylation is 1. The molecule has 0 aliphatic carbocycles. The summed E-state index contributed by atoms with van der Waals surface area (Å²) >= 11 is 5.67. The first kappa shape index (κ1) is 14.5. The third-order valence-electron chi connectivity index (χ3n) is 3.10. The minimum absolute atomic E-state index is 0.434. The van der Waals surface area contributed by atoms with Gasteiger partial charge in [0, 0.05) is 19.3 Å². The highest BCUT2D eigenvalue weighted by molar-refractivity contribution is 14.1. The van der Waals surface area contributed by atoms with E-state index in [0.29, 0.717) is 17.4 Å². The van der Waals surface area contributed by atoms with Crippen molar-refractivity contribution in [1.29, 1.82) is 0 Å². The maximum absolute atomic E-state index is 5.98. The zero-order valence-electron chi connectivity index (χ0n) is 11.1. The monoisotopic (exact) mass is 455 g/mol. The average Bonchev–Trinajstić information content (AvgIpc) is 2.91. The normalized spacial score (nSPS) is 10.8. The van der Waals surface area contributed by atoms with E-state index in [2.05, 4.69) is 48.7 Å². The molecule has 0 fully saturated rings. The van der Waals surface area contributed by atoms with Crippen molar-refractivity contribution < 1.29 is 4.52 Å². The van der Waals surface area contributed by atoms with Crippen LogP contribution in [0.25, 0.3) is 22.8 Å². The number of hydrogen-bond acceptors (Lipinski definition) is 4. The van der Waals surface area contributed by atoms with Gasteiger partial charge in [-0.2, -0.15) is 4.98 Å². The molecule has 0 radical (unpaired) electrons. The summed E-state index contributed by atoms with van der Waals surface area (Å²) in [6, 6.07) is 11.7. The highest BCUT2D eigenvalue weighted by atomic mass is 127. The third-order valence-corrected chi connectivity index (χ3v) is 4.27. The van der Waals surface area contributed by atoms with E-state index < -0.39 is 0 Å². The Labute approximate surface area is 144 Å². The van der Waals surface area contributed by atoms with Gasteiger partial charge in [-0.15, -0.1) is 0 Å². The number of halogens is 2. The zero-order valence-corrected chi connectivity index (χ0v) is 14.8. The molecule has 106 valence electrons. The summed E-state index contributed by atoms with van der Waals surface area (Å²) in [5.41, 5.74) is 9.38. The number of benzene rings is 2. The summed E-state index contributed by atoms with van der Waals surface area (Å²) in [5.74, 6) is 0.997. The van der Waals surface area contributed by atoms with E-state index in [9.17, 15) is 0 Å². The minimum atomic E-state index is 0.434. The number of anilines is 1. The lowest BCUT2D eigenvalue weighted by Gasteiger charge is -2.01. The molecule has 3 aromatic rings. The van der Waals surface area contributed by atoms with Crippen molar-refractivity contribution in [3.63, 3.8) is 0 Å². The van der Waals surface area contributed by atoms with Crippen LogP contribution in [-0.2, 0) is 0 Å². The van der Waals surface area contributed by atoms with Gasteiger partial charge in [-0.25, -0.2) is 0 Å². The van der Waals surface area contributed by atoms with Gasteiger partial charge in [-0.1, -0.05) is 21.1 Å². The summed E-state index contributed by atoms with van der Waals surface area (Å²) in [6.45, 7) is 2.01. The Kier molecular flexibility index (Phi) is 3.99. The Morgan fingerprint density at radius 3 is 2.71 bits per heavy atom. The fraction of sp³-hybridized carbons (Fsp3) is 0.0667. The van der Waals surface area contributed by atoms with E-state index in [4.69, 9.17) is 10.3 Å². The lowest BCUT2D eigenvalue weighted by atomic mass is 10.1. The quantitative estimate of drug-likeness (QED) is 0.450. The van der Waals surface area contributed by atoms with E-state index in [1.165, 1.54) is 0 Å². The second-order valence-electron chi connectivity index (χ2n) is 4.61. The topological polar surface area (TPSA) is 64.9 Å². The van der Waals surface area contributed by atoms with E-state index in [0.717, 1.165) is 24.7 Å². The van der Waals surface area contributed by atoms with Crippen LogP contribution >= 0.6 is 38.5 Å². The molecule has 0 saturated carbocycles. The summed E-state index contributed by atoms with van der Waals surface area (Å²) in [6.07, 6.45) is 0. The molecular weight excluding hydrogens is 445 g/mol. The molecule has 21 heavy (non-hydrogen) atoms. The molecule has 4 nitrogen and oxygen atoms in total. The lowest BCUT2D eigenvalue weighted by molar-refractivity contribution is 0.432. The van der Waals surface area contributed by atoms with Crippen LogP contribution in [0, 0.1) is 10.5 Å². The van der Waals surface area contributed by atoms with Gasteiger partial charge < -0.3 is 10.3 Å². The first-order chi connectivity index (χ1) is 10.0. The van der Waals surface area contributed by atoms with E-state index in [1.54, 1.807) is 0 Å². The maximum Gasteiger partial charge on any atom is 0.260 e. The number of nitrogen functional groups attached to an aromatic ring is 1. The summed E-state index contributed by atoms with van der Waals surface area (Å²) in [7, 11) is 0. The van der Waals surface area contributed by atoms with Gasteiger partial charge in [-0.3, -0.25) is 0 Å². The number of hydrogen-bond donors (Lipinski definition) is 1. The predicted octanol–water partition coefficient (Wildman–Crippen LogP) is 4.66. The van der Waals surface area contributed by atoms with Gasteiger partial charge in [0.05, 0.1) is 5.56 Å². The molecule has 6 heteroatoms. The molecule has 1 heterocycles. The average molecular weight is 456 g/mol. The lowest BCUT2D eigenvalue weighted by Crippen LogP contribution is -1.91. The number of aromatic nitrogens is 2. The van der Waals surface area contributed by atoms with E-state index >= 15 is 0 Å². The van der Waals surface area contributed by atoms with Crippen LogP contribution in [0.2, 0.25) is 0 Å². The standard InChI is InChI=1S/C15H11BrIN3O/c1-8-6-9(16)2-4-11(8)14-19-15(21-20-14)12-7-10(17)3-5-13(12)18/h2-7H,18H2,1H3. The van der Waals surface area contributed by atoms with Gasteiger partial charge in [-0.05, 0) is 71.5 Å². The second kappa shape index (κ2) is 5.76. The third kappa shape index (κ3) is 2.96. The Hall–Kier alpha value is -1.41. The molecule has 2 N–H and O–H groups in total. The van der Waals surface area contributed by atoms with Crippen LogP contribution in [-0.4, -0.2) is 10.1 Å². The van der Waals surface area contributed by atoms with E-state index in [-0.39, 0.29) is 0 Å². The van der Waals surface area contributed by atoms with Crippen LogP contribution in [0.1, 0.15) is 5.56 Å². The molecule has 0 amide bonds. The van der Waals surface area contributed by atoms with Crippen molar-refractivity contribution in [3.8, 4) is 22.8 Å². The van der Waals surface area contributed by atoms with Crippen molar-refractivity contribution >= 4 is 44.2 Å². The Bertz CT molecular complexity index is 816. The van der Waals surface area contributed by atoms with Gasteiger partial charge in [0.2, 0.25) is 5.82 Å². The summed E-state index contributed by atoms with van der Waals surface area (Å²) < 4.78 is 7.46. The predicted molar refractivity (Wildman–Crippen MR) is 94.7 cm³/mol. The molecule has 0 spiro atoms. The van der Waals surface area contributed by atoms with E-state index in [1.807, 2.05) is 43.3 Å². The highest BCUT2D eigenvalue weighted by Crippen LogP contribution is 2.29. The molecule has 0 saturated heterocycles. The maximum atomic E-state index is 5.98. The molecule has 3 rings (SSSR count). The van der Waals surface area contributed by atoms with Crippen molar-refractivity contribution in [2.24, 2.45) is 0 Å². The minimum Gasteiger partial charge on any atom is -0.398 e. The Morgan fingerprint density at radius 1 is 1.14 bits per heavy atom. The number of rotatable bonds is 2. The molecule has 0 aliphatic rings. The Balaban J connectivity index is 2.06. The Morgan fingerprint density at radius 2 is 1.95 bits per heavy atom. The largest absolute Gasteiger partial charge is 0.398 e. The second-order valence-corrected chi connectivity index (χ2v) is 6.78. The zero-order chi connectivity index (χ0) is 15.0. The molecule has 0 bridgehead atoms. The molecule has 0 atom stereocenters. The van der Waals surface area contributed by atoms with Crippen LogP contribution in [0.15, 0.2) is 45.4 Å². The summed E-state index contributed by atoms with van der Waals surface area (Å²) in [5, 5.41) is 4.06. The number of nitrogens with two attached hydrogens (primary N) is 1. The van der Waals surface area contributed by atoms with Gasteiger partial charge in [0.15, 0.2) is 0 Å². The molecule has 1 aromatic heterocycles. The molecular formula is C15H11BrIN3O. The van der Waals surface area contributed by atoms with Crippen LogP contribution in [0.4, 0.5) is 5.69 Å². The highest BCUT2D eigenvalue weighted by Gasteiger charge is 2.14. The van der Waals surface area contributed by atoms with Crippen LogP contribution in [0.5, 0.6) is 0 Å². The fourth-order valence-electron chi connectivity index (χ4n) is 2.03.